The van der Waals surface area contributed by atoms with Gasteiger partial charge in [0, 0.05) is 62.9 Å². The number of nitrogens with one attached hydrogen (secondary N) is 3. The van der Waals surface area contributed by atoms with Gasteiger partial charge in [-0.3, -0.25) is 15.1 Å². The minimum Gasteiger partial charge on any atom is -0.381 e. The number of ether oxygens (including phenoxy) is 1. The Hall–Kier alpha value is -2.65. The summed E-state index contributed by atoms with van der Waals surface area (Å²) in [6.07, 6.45) is 8.03. The van der Waals surface area contributed by atoms with E-state index < -0.39 is 0 Å². The Kier molecular flexibility index (Phi) is 5.54. The first-order valence-corrected chi connectivity index (χ1v) is 11.7. The number of rotatable bonds is 6. The highest BCUT2D eigenvalue weighted by molar-refractivity contribution is 5.97. The molecule has 3 aliphatic rings. The summed E-state index contributed by atoms with van der Waals surface area (Å²) in [6.45, 7) is 8.30. The van der Waals surface area contributed by atoms with E-state index in [0.717, 1.165) is 79.1 Å². The summed E-state index contributed by atoms with van der Waals surface area (Å²) >= 11 is 0. The SMILES string of the molecule is CCC(=O)NC1CC2(C=C(c3cnc4c(c(C)nn4CC)c3NC3CCOCC3)NO2)C1. The molecule has 2 fully saturated rings. The molecule has 0 atom stereocenters. The Morgan fingerprint density at radius 3 is 2.78 bits per heavy atom. The molecule has 1 spiro atoms. The quantitative estimate of drug-likeness (QED) is 0.635. The van der Waals surface area contributed by atoms with Crippen LogP contribution in [0, 0.1) is 6.92 Å². The molecule has 3 N–H and O–H groups in total. The van der Waals surface area contributed by atoms with E-state index in [1.807, 2.05) is 24.7 Å². The van der Waals surface area contributed by atoms with Crippen LogP contribution in [-0.2, 0) is 20.9 Å². The van der Waals surface area contributed by atoms with Gasteiger partial charge >= 0.3 is 0 Å². The van der Waals surface area contributed by atoms with E-state index in [1.54, 1.807) is 0 Å². The Bertz CT molecular complexity index is 1050. The van der Waals surface area contributed by atoms with Crippen LogP contribution in [0.3, 0.4) is 0 Å². The second-order valence-corrected chi connectivity index (χ2v) is 9.03. The van der Waals surface area contributed by atoms with Crippen LogP contribution < -0.4 is 16.1 Å². The van der Waals surface area contributed by atoms with E-state index in [-0.39, 0.29) is 17.6 Å². The smallest absolute Gasteiger partial charge is 0.219 e. The van der Waals surface area contributed by atoms with E-state index in [1.165, 1.54) is 0 Å². The van der Waals surface area contributed by atoms with Gasteiger partial charge in [0.25, 0.3) is 0 Å². The molecule has 2 aromatic heterocycles. The Morgan fingerprint density at radius 2 is 2.06 bits per heavy atom. The van der Waals surface area contributed by atoms with Gasteiger partial charge < -0.3 is 15.4 Å². The summed E-state index contributed by atoms with van der Waals surface area (Å²) in [7, 11) is 0. The second-order valence-electron chi connectivity index (χ2n) is 9.03. The van der Waals surface area contributed by atoms with Gasteiger partial charge in [-0.2, -0.15) is 5.10 Å². The Morgan fingerprint density at radius 1 is 1.28 bits per heavy atom. The highest BCUT2D eigenvalue weighted by Crippen LogP contribution is 2.44. The lowest BCUT2D eigenvalue weighted by Gasteiger charge is -2.42. The molecule has 9 heteroatoms. The van der Waals surface area contributed by atoms with Crippen molar-refractivity contribution < 1.29 is 14.4 Å². The number of aromatic nitrogens is 3. The van der Waals surface area contributed by atoms with E-state index in [9.17, 15) is 4.79 Å². The summed E-state index contributed by atoms with van der Waals surface area (Å²) in [5.41, 5.74) is 7.58. The second kappa shape index (κ2) is 8.37. The highest BCUT2D eigenvalue weighted by atomic mass is 16.7. The minimum absolute atomic E-state index is 0.0843. The molecule has 172 valence electrons. The maximum Gasteiger partial charge on any atom is 0.219 e. The number of amides is 1. The first-order valence-electron chi connectivity index (χ1n) is 11.7. The zero-order chi connectivity index (χ0) is 22.3. The van der Waals surface area contributed by atoms with Gasteiger partial charge in [-0.05, 0) is 32.8 Å². The van der Waals surface area contributed by atoms with Crippen molar-refractivity contribution in [2.24, 2.45) is 0 Å². The first kappa shape index (κ1) is 21.2. The first-order chi connectivity index (χ1) is 15.5. The summed E-state index contributed by atoms with van der Waals surface area (Å²) < 4.78 is 7.50. The van der Waals surface area contributed by atoms with Crippen LogP contribution in [-0.4, -0.2) is 51.6 Å². The number of anilines is 1. The van der Waals surface area contributed by atoms with Crippen LogP contribution in [0.25, 0.3) is 16.7 Å². The third kappa shape index (κ3) is 3.73. The van der Waals surface area contributed by atoms with E-state index in [2.05, 4.69) is 29.1 Å². The van der Waals surface area contributed by atoms with Gasteiger partial charge in [0.15, 0.2) is 5.65 Å². The van der Waals surface area contributed by atoms with Crippen LogP contribution in [0.1, 0.15) is 57.2 Å². The normalized spacial score (nSPS) is 25.5. The van der Waals surface area contributed by atoms with Crippen molar-refractivity contribution in [1.82, 2.24) is 25.6 Å². The maximum atomic E-state index is 11.7. The highest BCUT2D eigenvalue weighted by Gasteiger charge is 2.48. The Balaban J connectivity index is 1.48. The van der Waals surface area contributed by atoms with Crippen molar-refractivity contribution in [3.63, 3.8) is 0 Å². The van der Waals surface area contributed by atoms with Gasteiger partial charge in [0.2, 0.25) is 5.91 Å². The molecule has 2 aliphatic heterocycles. The number of hydrogen-bond acceptors (Lipinski definition) is 7. The molecule has 0 aromatic carbocycles. The van der Waals surface area contributed by atoms with E-state index in [0.29, 0.717) is 12.5 Å². The number of nitrogens with zero attached hydrogens (tertiary/aromatic N) is 3. The maximum absolute atomic E-state index is 11.7. The number of carbonyl (C=O) groups is 1. The van der Waals surface area contributed by atoms with Crippen LogP contribution in [0.4, 0.5) is 5.69 Å². The van der Waals surface area contributed by atoms with Gasteiger partial charge in [-0.25, -0.2) is 9.67 Å². The van der Waals surface area contributed by atoms with Crippen LogP contribution in [0.15, 0.2) is 12.3 Å². The van der Waals surface area contributed by atoms with Crippen LogP contribution in [0.2, 0.25) is 0 Å². The lowest BCUT2D eigenvalue weighted by atomic mass is 9.75. The van der Waals surface area contributed by atoms with Crippen molar-refractivity contribution >= 4 is 28.3 Å². The lowest BCUT2D eigenvalue weighted by Crippen LogP contribution is -2.54. The van der Waals surface area contributed by atoms with Gasteiger partial charge in [0.1, 0.15) is 5.60 Å². The largest absolute Gasteiger partial charge is 0.381 e. The molecular weight excluding hydrogens is 408 g/mol. The van der Waals surface area contributed by atoms with Gasteiger partial charge in [0.05, 0.1) is 22.5 Å². The molecule has 32 heavy (non-hydrogen) atoms. The zero-order valence-corrected chi connectivity index (χ0v) is 19.0. The summed E-state index contributed by atoms with van der Waals surface area (Å²) in [6, 6.07) is 0.497. The number of hydroxylamine groups is 1. The average molecular weight is 441 g/mol. The fourth-order valence-electron chi connectivity index (χ4n) is 4.96. The van der Waals surface area contributed by atoms with E-state index in [4.69, 9.17) is 19.7 Å². The molecule has 5 rings (SSSR count). The zero-order valence-electron chi connectivity index (χ0n) is 19.0. The summed E-state index contributed by atoms with van der Waals surface area (Å²) in [4.78, 5) is 22.5. The minimum atomic E-state index is -0.380. The summed E-state index contributed by atoms with van der Waals surface area (Å²) in [5.74, 6) is 0.0843. The topological polar surface area (TPSA) is 102 Å². The molecule has 0 unspecified atom stereocenters. The molecule has 1 saturated heterocycles. The van der Waals surface area contributed by atoms with Crippen LogP contribution >= 0.6 is 0 Å². The third-order valence-electron chi connectivity index (χ3n) is 6.74. The monoisotopic (exact) mass is 440 g/mol. The van der Waals surface area contributed by atoms with Crippen molar-refractivity contribution in [2.75, 3.05) is 18.5 Å². The molecule has 9 nitrogen and oxygen atoms in total. The molecule has 2 aromatic rings. The predicted molar refractivity (Wildman–Crippen MR) is 122 cm³/mol. The Labute approximate surface area is 187 Å². The third-order valence-corrected chi connectivity index (χ3v) is 6.74. The van der Waals surface area contributed by atoms with Crippen molar-refractivity contribution in [1.29, 1.82) is 0 Å². The standard InChI is InChI=1S/C23H32N6O3/c1-4-19(30)25-16-10-23(11-16)12-18(28-32-23)17-13-24-22-20(14(3)27-29(22)5-2)21(17)26-15-6-8-31-9-7-15/h12-13,15-16,28H,4-11H2,1-3H3,(H,24,26)(H,25,30). The van der Waals surface area contributed by atoms with E-state index >= 15 is 0 Å². The number of hydrogen-bond donors (Lipinski definition) is 3. The van der Waals surface area contributed by atoms with Gasteiger partial charge in [-0.15, -0.1) is 0 Å². The van der Waals surface area contributed by atoms with Gasteiger partial charge in [-0.1, -0.05) is 6.92 Å². The number of carbonyl (C=O) groups excluding carboxylic acids is 1. The molecule has 0 radical (unpaired) electrons. The fraction of sp³-hybridized carbons (Fsp3) is 0.609. The van der Waals surface area contributed by atoms with Crippen molar-refractivity contribution in [3.8, 4) is 0 Å². The summed E-state index contributed by atoms with van der Waals surface area (Å²) in [5, 5.41) is 12.6. The number of fused-ring (bicyclic) bond motifs is 1. The molecule has 1 saturated carbocycles. The van der Waals surface area contributed by atoms with Crippen LogP contribution in [0.5, 0.6) is 0 Å². The number of pyridine rings is 1. The van der Waals surface area contributed by atoms with Crippen molar-refractivity contribution in [3.05, 3.63) is 23.5 Å². The fourth-order valence-corrected chi connectivity index (χ4v) is 4.96. The molecule has 1 amide bonds. The predicted octanol–water partition coefficient (Wildman–Crippen LogP) is 2.65. The lowest BCUT2D eigenvalue weighted by molar-refractivity contribution is -0.128. The molecular formula is C23H32N6O3. The number of aryl methyl sites for hydroxylation is 2. The average Bonchev–Trinajstić information content (AvgIpc) is 3.36. The molecule has 1 aliphatic carbocycles. The molecule has 4 heterocycles. The van der Waals surface area contributed by atoms with Crippen molar-refractivity contribution in [2.45, 2.75) is 77.1 Å². The molecule has 0 bridgehead atoms.